The van der Waals surface area contributed by atoms with Gasteiger partial charge in [-0.15, -0.1) is 0 Å². The third kappa shape index (κ3) is 2.19. The van der Waals surface area contributed by atoms with Crippen molar-refractivity contribution < 1.29 is 14.6 Å². The summed E-state index contributed by atoms with van der Waals surface area (Å²) in [4.78, 5) is 0. The van der Waals surface area contributed by atoms with Crippen LogP contribution >= 0.6 is 15.9 Å². The molecule has 0 bridgehead atoms. The van der Waals surface area contributed by atoms with Gasteiger partial charge < -0.3 is 14.6 Å². The minimum Gasteiger partial charge on any atom is -0.448 e. The molecule has 0 radical (unpaired) electrons. The minimum absolute atomic E-state index is 0.138. The molecule has 1 aliphatic rings. The van der Waals surface area contributed by atoms with E-state index < -0.39 is 6.29 Å². The SMILES string of the molecule is CC.OCC1Oc2cccc(Br)c2O1. The second-order valence-corrected chi connectivity index (χ2v) is 3.27. The van der Waals surface area contributed by atoms with Gasteiger partial charge in [-0.2, -0.15) is 0 Å². The van der Waals surface area contributed by atoms with Crippen molar-refractivity contribution in [2.75, 3.05) is 6.61 Å². The molecule has 1 heterocycles. The molecule has 0 spiro atoms. The van der Waals surface area contributed by atoms with Crippen molar-refractivity contribution >= 4 is 15.9 Å². The second kappa shape index (κ2) is 5.22. The topological polar surface area (TPSA) is 38.7 Å². The van der Waals surface area contributed by atoms with Crippen LogP contribution in [-0.2, 0) is 0 Å². The van der Waals surface area contributed by atoms with E-state index in [9.17, 15) is 0 Å². The Morgan fingerprint density at radius 1 is 1.36 bits per heavy atom. The minimum atomic E-state index is -0.557. The number of aliphatic hydroxyl groups is 1. The number of fused-ring (bicyclic) bond motifs is 1. The highest BCUT2D eigenvalue weighted by atomic mass is 79.9. The van der Waals surface area contributed by atoms with Crippen LogP contribution in [0.3, 0.4) is 0 Å². The molecule has 0 aromatic heterocycles. The largest absolute Gasteiger partial charge is 0.448 e. The third-order valence-corrected chi connectivity index (χ3v) is 2.21. The van der Waals surface area contributed by atoms with Crippen molar-refractivity contribution in [3.05, 3.63) is 22.7 Å². The van der Waals surface area contributed by atoms with E-state index in [1.54, 1.807) is 6.07 Å². The molecule has 0 aliphatic carbocycles. The highest BCUT2D eigenvalue weighted by Crippen LogP contribution is 2.40. The Morgan fingerprint density at radius 2 is 2.07 bits per heavy atom. The predicted molar refractivity (Wildman–Crippen MR) is 57.6 cm³/mol. The summed E-state index contributed by atoms with van der Waals surface area (Å²) in [5.74, 6) is 1.33. The molecule has 0 saturated carbocycles. The van der Waals surface area contributed by atoms with E-state index in [-0.39, 0.29) is 6.61 Å². The third-order valence-electron chi connectivity index (χ3n) is 1.59. The average Bonchev–Trinajstić information content (AvgIpc) is 2.65. The maximum Gasteiger partial charge on any atom is 0.264 e. The van der Waals surface area contributed by atoms with Crippen molar-refractivity contribution in [3.8, 4) is 11.5 Å². The lowest BCUT2D eigenvalue weighted by atomic mass is 10.3. The Kier molecular flexibility index (Phi) is 4.22. The smallest absolute Gasteiger partial charge is 0.264 e. The zero-order chi connectivity index (χ0) is 10.6. The molecule has 1 aromatic carbocycles. The van der Waals surface area contributed by atoms with Gasteiger partial charge in [0.05, 0.1) is 4.47 Å². The fraction of sp³-hybridized carbons (Fsp3) is 0.400. The Labute approximate surface area is 91.8 Å². The van der Waals surface area contributed by atoms with Crippen LogP contribution in [0.25, 0.3) is 0 Å². The first-order chi connectivity index (χ1) is 6.81. The van der Waals surface area contributed by atoms with Crippen LogP contribution in [0.5, 0.6) is 11.5 Å². The summed E-state index contributed by atoms with van der Waals surface area (Å²) in [6.45, 7) is 3.86. The first kappa shape index (κ1) is 11.3. The van der Waals surface area contributed by atoms with Crippen molar-refractivity contribution in [2.24, 2.45) is 0 Å². The molecule has 4 heteroatoms. The zero-order valence-electron chi connectivity index (χ0n) is 8.16. The first-order valence-electron chi connectivity index (χ1n) is 4.54. The number of rotatable bonds is 1. The number of para-hydroxylation sites is 1. The average molecular weight is 261 g/mol. The van der Waals surface area contributed by atoms with Gasteiger partial charge in [0.15, 0.2) is 11.5 Å². The molecule has 1 aliphatic heterocycles. The molecule has 0 saturated heterocycles. The van der Waals surface area contributed by atoms with E-state index in [0.717, 1.165) is 4.47 Å². The van der Waals surface area contributed by atoms with Crippen LogP contribution in [-0.4, -0.2) is 18.0 Å². The molecule has 0 amide bonds. The van der Waals surface area contributed by atoms with Gasteiger partial charge in [-0.25, -0.2) is 0 Å². The summed E-state index contributed by atoms with van der Waals surface area (Å²) in [5, 5.41) is 8.76. The van der Waals surface area contributed by atoms with Gasteiger partial charge in [0.25, 0.3) is 6.29 Å². The predicted octanol–water partition coefficient (Wildman–Crippen LogP) is 2.56. The number of ether oxygens (including phenoxy) is 2. The molecular weight excluding hydrogens is 248 g/mol. The van der Waals surface area contributed by atoms with E-state index in [4.69, 9.17) is 14.6 Å². The number of aliphatic hydroxyl groups excluding tert-OH is 1. The normalized spacial score (nSPS) is 17.3. The molecule has 2 rings (SSSR count). The summed E-state index contributed by atoms with van der Waals surface area (Å²) >= 11 is 3.32. The van der Waals surface area contributed by atoms with Crippen LogP contribution in [0.4, 0.5) is 0 Å². The highest BCUT2D eigenvalue weighted by Gasteiger charge is 2.24. The van der Waals surface area contributed by atoms with Crippen LogP contribution in [0, 0.1) is 0 Å². The lowest BCUT2D eigenvalue weighted by Crippen LogP contribution is -2.22. The molecule has 3 nitrogen and oxygen atoms in total. The van der Waals surface area contributed by atoms with Crippen LogP contribution < -0.4 is 9.47 Å². The van der Waals surface area contributed by atoms with Gasteiger partial charge in [-0.05, 0) is 28.1 Å². The fourth-order valence-corrected chi connectivity index (χ4v) is 1.51. The van der Waals surface area contributed by atoms with E-state index in [1.165, 1.54) is 0 Å². The number of hydrogen-bond donors (Lipinski definition) is 1. The van der Waals surface area contributed by atoms with E-state index in [2.05, 4.69) is 15.9 Å². The maximum absolute atomic E-state index is 8.76. The number of hydrogen-bond acceptors (Lipinski definition) is 3. The molecule has 1 aromatic rings. The Hall–Kier alpha value is -0.740. The lowest BCUT2D eigenvalue weighted by molar-refractivity contribution is -0.00104. The number of halogens is 1. The van der Waals surface area contributed by atoms with Crippen molar-refractivity contribution in [1.29, 1.82) is 0 Å². The molecule has 1 unspecified atom stereocenters. The van der Waals surface area contributed by atoms with Crippen molar-refractivity contribution in [2.45, 2.75) is 20.1 Å². The van der Waals surface area contributed by atoms with Crippen molar-refractivity contribution in [1.82, 2.24) is 0 Å². The molecule has 1 N–H and O–H groups in total. The van der Waals surface area contributed by atoms with E-state index in [0.29, 0.717) is 11.5 Å². The van der Waals surface area contributed by atoms with Crippen LogP contribution in [0.1, 0.15) is 13.8 Å². The van der Waals surface area contributed by atoms with Gasteiger partial charge in [0, 0.05) is 0 Å². The molecule has 78 valence electrons. The van der Waals surface area contributed by atoms with Gasteiger partial charge in [-0.3, -0.25) is 0 Å². The zero-order valence-corrected chi connectivity index (χ0v) is 9.74. The molecule has 14 heavy (non-hydrogen) atoms. The Morgan fingerprint density at radius 3 is 2.64 bits per heavy atom. The highest BCUT2D eigenvalue weighted by molar-refractivity contribution is 9.10. The molecule has 0 fully saturated rings. The summed E-state index contributed by atoms with van der Waals surface area (Å²) in [6.07, 6.45) is -0.557. The summed E-state index contributed by atoms with van der Waals surface area (Å²) in [6, 6.07) is 5.52. The maximum atomic E-state index is 8.76. The van der Waals surface area contributed by atoms with Gasteiger partial charge >= 0.3 is 0 Å². The van der Waals surface area contributed by atoms with E-state index >= 15 is 0 Å². The Bertz CT molecular complexity index is 301. The standard InChI is InChI=1S/C8H7BrO3.C2H6/c9-5-2-1-3-6-8(5)12-7(4-10)11-6;1-2/h1-3,7,10H,4H2;1-2H3. The van der Waals surface area contributed by atoms with Gasteiger partial charge in [-0.1, -0.05) is 19.9 Å². The van der Waals surface area contributed by atoms with Crippen LogP contribution in [0.15, 0.2) is 22.7 Å². The summed E-state index contributed by atoms with van der Waals surface area (Å²) in [5.41, 5.74) is 0. The summed E-state index contributed by atoms with van der Waals surface area (Å²) in [7, 11) is 0. The van der Waals surface area contributed by atoms with Crippen molar-refractivity contribution in [3.63, 3.8) is 0 Å². The monoisotopic (exact) mass is 260 g/mol. The molecular formula is C10H13BrO3. The van der Waals surface area contributed by atoms with Gasteiger partial charge in [0.1, 0.15) is 6.61 Å². The molecule has 1 atom stereocenters. The summed E-state index contributed by atoms with van der Waals surface area (Å²) < 4.78 is 11.3. The second-order valence-electron chi connectivity index (χ2n) is 2.41. The lowest BCUT2D eigenvalue weighted by Gasteiger charge is -2.04. The van der Waals surface area contributed by atoms with E-state index in [1.807, 2.05) is 26.0 Å². The first-order valence-corrected chi connectivity index (χ1v) is 5.33. The fourth-order valence-electron chi connectivity index (χ4n) is 1.07. The van der Waals surface area contributed by atoms with Gasteiger partial charge in [0.2, 0.25) is 0 Å². The quantitative estimate of drug-likeness (QED) is 0.844. The Balaban J connectivity index is 0.000000461. The number of benzene rings is 1. The van der Waals surface area contributed by atoms with Crippen LogP contribution in [0.2, 0.25) is 0 Å².